The molecule has 1 aromatic heterocycles. The number of nitrogens with zero attached hydrogens (tertiary/aromatic N) is 3. The summed E-state index contributed by atoms with van der Waals surface area (Å²) in [5.41, 5.74) is 4.54. The van der Waals surface area contributed by atoms with Gasteiger partial charge in [-0.25, -0.2) is 0 Å². The van der Waals surface area contributed by atoms with Crippen molar-refractivity contribution in [3.63, 3.8) is 0 Å². The van der Waals surface area contributed by atoms with Crippen LogP contribution in [-0.4, -0.2) is 65.3 Å². The number of amides is 2. The molecular formula is C29H32BrN3O2S. The highest BCUT2D eigenvalue weighted by atomic mass is 79.9. The minimum absolute atomic E-state index is 0.0271. The van der Waals surface area contributed by atoms with Crippen LogP contribution in [0, 0.1) is 6.92 Å². The van der Waals surface area contributed by atoms with Gasteiger partial charge in [-0.15, -0.1) is 11.3 Å². The maximum atomic E-state index is 13.8. The second-order valence-corrected chi connectivity index (χ2v) is 11.6. The fraction of sp³-hybridized carbons (Fsp3) is 0.379. The van der Waals surface area contributed by atoms with Crippen molar-refractivity contribution in [2.75, 3.05) is 32.7 Å². The fourth-order valence-electron chi connectivity index (χ4n) is 5.54. The molecule has 7 heteroatoms. The van der Waals surface area contributed by atoms with Crippen LogP contribution in [0.1, 0.15) is 51.3 Å². The first-order chi connectivity index (χ1) is 17.4. The van der Waals surface area contributed by atoms with Crippen molar-refractivity contribution < 1.29 is 9.59 Å². The van der Waals surface area contributed by atoms with E-state index in [1.807, 2.05) is 45.4 Å². The molecule has 2 aliphatic rings. The lowest BCUT2D eigenvalue weighted by Gasteiger charge is -2.41. The number of benzene rings is 2. The average molecular weight is 567 g/mol. The van der Waals surface area contributed by atoms with Crippen LogP contribution >= 0.6 is 27.3 Å². The maximum Gasteiger partial charge on any atom is 0.253 e. The Labute approximate surface area is 225 Å². The molecule has 1 saturated heterocycles. The first-order valence-corrected chi connectivity index (χ1v) is 14.3. The van der Waals surface area contributed by atoms with Crippen molar-refractivity contribution in [3.8, 4) is 0 Å². The van der Waals surface area contributed by atoms with Gasteiger partial charge in [0.15, 0.2) is 0 Å². The summed E-state index contributed by atoms with van der Waals surface area (Å²) < 4.78 is 0.896. The first kappa shape index (κ1) is 25.2. The van der Waals surface area contributed by atoms with Gasteiger partial charge < -0.3 is 9.80 Å². The minimum Gasteiger partial charge on any atom is -0.340 e. The molecule has 0 spiro atoms. The van der Waals surface area contributed by atoms with Crippen LogP contribution in [-0.2, 0) is 11.2 Å². The van der Waals surface area contributed by atoms with E-state index in [2.05, 4.69) is 70.4 Å². The Morgan fingerprint density at radius 3 is 2.53 bits per heavy atom. The number of rotatable bonds is 4. The smallest absolute Gasteiger partial charge is 0.253 e. The predicted molar refractivity (Wildman–Crippen MR) is 148 cm³/mol. The van der Waals surface area contributed by atoms with E-state index in [9.17, 15) is 9.59 Å². The quantitative estimate of drug-likeness (QED) is 0.417. The van der Waals surface area contributed by atoms with Crippen molar-refractivity contribution in [2.45, 2.75) is 38.8 Å². The molecule has 5 rings (SSSR count). The molecule has 188 valence electrons. The summed E-state index contributed by atoms with van der Waals surface area (Å²) in [5.74, 6) is 0.184. The monoisotopic (exact) mass is 565 g/mol. The van der Waals surface area contributed by atoms with E-state index in [0.29, 0.717) is 31.7 Å². The molecule has 5 nitrogen and oxygen atoms in total. The van der Waals surface area contributed by atoms with Crippen molar-refractivity contribution in [1.82, 2.24) is 14.7 Å². The van der Waals surface area contributed by atoms with Crippen LogP contribution in [0.25, 0.3) is 0 Å². The molecule has 0 aliphatic carbocycles. The van der Waals surface area contributed by atoms with Gasteiger partial charge in [0.05, 0.1) is 12.1 Å². The number of halogens is 1. The molecule has 0 bridgehead atoms. The van der Waals surface area contributed by atoms with Crippen molar-refractivity contribution >= 4 is 39.1 Å². The van der Waals surface area contributed by atoms with E-state index in [0.717, 1.165) is 23.9 Å². The number of fused-ring (bicyclic) bond motifs is 1. The fourth-order valence-corrected chi connectivity index (χ4v) is 6.85. The third-order valence-electron chi connectivity index (χ3n) is 7.51. The molecule has 3 heterocycles. The van der Waals surface area contributed by atoms with E-state index in [1.165, 1.54) is 21.6 Å². The highest BCUT2D eigenvalue weighted by molar-refractivity contribution is 9.10. The highest BCUT2D eigenvalue weighted by Crippen LogP contribution is 2.40. The maximum absolute atomic E-state index is 13.8. The van der Waals surface area contributed by atoms with Gasteiger partial charge in [0.2, 0.25) is 5.91 Å². The zero-order valence-corrected chi connectivity index (χ0v) is 23.2. The SMILES string of the molecule is Cc1ccccc1[C@H]1c2ccsc2CCN1[C@H](C)C(=O)N1CCCN(C(=O)c2cccc(Br)c2)CC1. The average Bonchev–Trinajstić information content (AvgIpc) is 3.23. The Morgan fingerprint density at radius 2 is 1.72 bits per heavy atom. The zero-order chi connectivity index (χ0) is 25.2. The minimum atomic E-state index is -0.241. The van der Waals surface area contributed by atoms with Gasteiger partial charge in [-0.1, -0.05) is 46.3 Å². The summed E-state index contributed by atoms with van der Waals surface area (Å²) in [7, 11) is 0. The van der Waals surface area contributed by atoms with Crippen LogP contribution < -0.4 is 0 Å². The second kappa shape index (κ2) is 10.9. The molecule has 36 heavy (non-hydrogen) atoms. The van der Waals surface area contributed by atoms with Crippen molar-refractivity contribution in [2.24, 2.45) is 0 Å². The summed E-state index contributed by atoms with van der Waals surface area (Å²) >= 11 is 5.28. The summed E-state index contributed by atoms with van der Waals surface area (Å²) in [6, 6.07) is 18.1. The Hall–Kier alpha value is -2.48. The number of carbonyl (C=O) groups is 2. The molecule has 2 aliphatic heterocycles. The van der Waals surface area contributed by atoms with E-state index in [1.54, 1.807) is 0 Å². The molecule has 2 atom stereocenters. The van der Waals surface area contributed by atoms with Gasteiger partial charge in [0.25, 0.3) is 5.91 Å². The third-order valence-corrected chi connectivity index (χ3v) is 9.00. The van der Waals surface area contributed by atoms with Gasteiger partial charge >= 0.3 is 0 Å². The molecule has 2 amide bonds. The Balaban J connectivity index is 1.32. The van der Waals surface area contributed by atoms with Crippen LogP contribution in [0.4, 0.5) is 0 Å². The van der Waals surface area contributed by atoms with Gasteiger partial charge in [-0.3, -0.25) is 14.5 Å². The van der Waals surface area contributed by atoms with Crippen LogP contribution in [0.3, 0.4) is 0 Å². The van der Waals surface area contributed by atoms with Gasteiger partial charge in [0.1, 0.15) is 0 Å². The number of hydrogen-bond donors (Lipinski definition) is 0. The highest BCUT2D eigenvalue weighted by Gasteiger charge is 2.37. The number of thiophene rings is 1. The topological polar surface area (TPSA) is 43.9 Å². The van der Waals surface area contributed by atoms with Crippen molar-refractivity contribution in [3.05, 3.63) is 91.6 Å². The van der Waals surface area contributed by atoms with Gasteiger partial charge in [-0.2, -0.15) is 0 Å². The molecule has 3 aromatic rings. The van der Waals surface area contributed by atoms with Gasteiger partial charge in [-0.05, 0) is 73.0 Å². The standard InChI is InChI=1S/C29H32BrN3O2S/c1-20-7-3-4-10-24(20)27-25-12-18-36-26(25)11-15-33(27)21(2)28(34)31-13-6-14-32(17-16-31)29(35)22-8-5-9-23(30)19-22/h3-5,7-10,12,18-19,21,27H,6,11,13-17H2,1-2H3/t21-,27+/m1/s1. The lowest BCUT2D eigenvalue weighted by molar-refractivity contribution is -0.137. The molecule has 0 saturated carbocycles. The summed E-state index contributed by atoms with van der Waals surface area (Å²) in [4.78, 5) is 34.6. The second-order valence-electron chi connectivity index (χ2n) is 9.70. The first-order valence-electron chi connectivity index (χ1n) is 12.6. The normalized spacial score (nSPS) is 19.5. The summed E-state index contributed by atoms with van der Waals surface area (Å²) in [5, 5.41) is 2.18. The number of carbonyl (C=O) groups excluding carboxylic acids is 2. The summed E-state index contributed by atoms with van der Waals surface area (Å²) in [6.45, 7) is 7.54. The molecule has 2 aromatic carbocycles. The zero-order valence-electron chi connectivity index (χ0n) is 20.8. The van der Waals surface area contributed by atoms with E-state index in [-0.39, 0.29) is 23.9 Å². The molecular weight excluding hydrogens is 534 g/mol. The lowest BCUT2D eigenvalue weighted by atomic mass is 9.89. The van der Waals surface area contributed by atoms with Crippen LogP contribution in [0.15, 0.2) is 64.5 Å². The number of aryl methyl sites for hydroxylation is 1. The van der Waals surface area contributed by atoms with E-state index < -0.39 is 0 Å². The van der Waals surface area contributed by atoms with E-state index in [4.69, 9.17) is 0 Å². The molecule has 0 N–H and O–H groups in total. The number of hydrogen-bond acceptors (Lipinski definition) is 4. The lowest BCUT2D eigenvalue weighted by Crippen LogP contribution is -2.51. The van der Waals surface area contributed by atoms with Crippen molar-refractivity contribution in [1.29, 1.82) is 0 Å². The third kappa shape index (κ3) is 5.01. The summed E-state index contributed by atoms with van der Waals surface area (Å²) in [6.07, 6.45) is 1.76. The van der Waals surface area contributed by atoms with E-state index >= 15 is 0 Å². The Kier molecular flexibility index (Phi) is 7.60. The Morgan fingerprint density at radius 1 is 0.944 bits per heavy atom. The largest absolute Gasteiger partial charge is 0.340 e. The molecule has 1 fully saturated rings. The molecule has 0 radical (unpaired) electrons. The van der Waals surface area contributed by atoms with Crippen LogP contribution in [0.2, 0.25) is 0 Å². The molecule has 0 unspecified atom stereocenters. The van der Waals surface area contributed by atoms with Crippen LogP contribution in [0.5, 0.6) is 0 Å². The Bertz CT molecular complexity index is 1260. The predicted octanol–water partition coefficient (Wildman–Crippen LogP) is 5.53. The van der Waals surface area contributed by atoms with Gasteiger partial charge in [0, 0.05) is 47.6 Å².